The average Bonchev–Trinajstić information content (AvgIpc) is 3.37. The first kappa shape index (κ1) is 67.1. The zero-order chi connectivity index (χ0) is 51.4. The molecule has 0 heterocycles. The maximum atomic E-state index is 12.8. The van der Waals surface area contributed by atoms with Crippen LogP contribution in [-0.2, 0) is 28.6 Å². The summed E-state index contributed by atoms with van der Waals surface area (Å²) in [5.74, 6) is -0.923. The summed E-state index contributed by atoms with van der Waals surface area (Å²) in [7, 11) is 0. The van der Waals surface area contributed by atoms with Crippen LogP contribution < -0.4 is 0 Å². The Morgan fingerprint density at radius 1 is 0.296 bits per heavy atom. The number of unbranched alkanes of at least 4 members (excludes halogenated alkanes) is 23. The van der Waals surface area contributed by atoms with E-state index in [-0.39, 0.29) is 31.1 Å². The first-order chi connectivity index (χ1) is 35.0. The molecule has 71 heavy (non-hydrogen) atoms. The summed E-state index contributed by atoms with van der Waals surface area (Å²) in [6.45, 7) is 6.41. The van der Waals surface area contributed by atoms with Gasteiger partial charge >= 0.3 is 17.9 Å². The number of hydrogen-bond acceptors (Lipinski definition) is 6. The second-order valence-corrected chi connectivity index (χ2v) is 19.2. The highest BCUT2D eigenvalue weighted by Gasteiger charge is 2.19. The van der Waals surface area contributed by atoms with E-state index in [0.717, 1.165) is 135 Å². The summed E-state index contributed by atoms with van der Waals surface area (Å²) in [5, 5.41) is 0. The Balaban J connectivity index is 4.15. The van der Waals surface area contributed by atoms with Gasteiger partial charge in [-0.05, 0) is 109 Å². The van der Waals surface area contributed by atoms with Crippen molar-refractivity contribution >= 4 is 17.9 Å². The van der Waals surface area contributed by atoms with E-state index >= 15 is 0 Å². The van der Waals surface area contributed by atoms with Gasteiger partial charge in [0.2, 0.25) is 0 Å². The Bertz CT molecular complexity index is 1460. The van der Waals surface area contributed by atoms with Crippen molar-refractivity contribution in [1.82, 2.24) is 0 Å². The van der Waals surface area contributed by atoms with Crippen LogP contribution in [0.15, 0.2) is 109 Å². The molecular formula is C65H108O6. The van der Waals surface area contributed by atoms with Crippen molar-refractivity contribution in [2.75, 3.05) is 13.2 Å². The van der Waals surface area contributed by atoms with Gasteiger partial charge in [0, 0.05) is 19.3 Å². The summed E-state index contributed by atoms with van der Waals surface area (Å²) in [5.41, 5.74) is 0. The summed E-state index contributed by atoms with van der Waals surface area (Å²) >= 11 is 0. The van der Waals surface area contributed by atoms with Crippen LogP contribution in [0.2, 0.25) is 0 Å². The quantitative estimate of drug-likeness (QED) is 0.0261. The predicted octanol–water partition coefficient (Wildman–Crippen LogP) is 19.9. The molecule has 6 heteroatoms. The lowest BCUT2D eigenvalue weighted by atomic mass is 10.1. The van der Waals surface area contributed by atoms with Crippen LogP contribution in [0.4, 0.5) is 0 Å². The lowest BCUT2D eigenvalue weighted by molar-refractivity contribution is -0.167. The Morgan fingerprint density at radius 2 is 0.549 bits per heavy atom. The highest BCUT2D eigenvalue weighted by Crippen LogP contribution is 2.14. The zero-order valence-corrected chi connectivity index (χ0v) is 46.2. The molecule has 0 aliphatic heterocycles. The fraction of sp³-hybridized carbons (Fsp3) is 0.677. The highest BCUT2D eigenvalue weighted by molar-refractivity contribution is 5.71. The Kier molecular flexibility index (Phi) is 55.4. The molecule has 0 aromatic rings. The molecule has 404 valence electrons. The molecule has 0 saturated heterocycles. The van der Waals surface area contributed by atoms with E-state index in [4.69, 9.17) is 14.2 Å². The predicted molar refractivity (Wildman–Crippen MR) is 307 cm³/mol. The van der Waals surface area contributed by atoms with E-state index < -0.39 is 6.10 Å². The summed E-state index contributed by atoms with van der Waals surface area (Å²) in [6.07, 6.45) is 79.8. The van der Waals surface area contributed by atoms with Gasteiger partial charge in [0.15, 0.2) is 6.10 Å². The molecule has 1 atom stereocenters. The fourth-order valence-electron chi connectivity index (χ4n) is 7.86. The molecular weight excluding hydrogens is 877 g/mol. The number of allylic oxidation sites excluding steroid dienone is 18. The Hall–Kier alpha value is -3.93. The van der Waals surface area contributed by atoms with Gasteiger partial charge in [-0.1, -0.05) is 246 Å². The van der Waals surface area contributed by atoms with Crippen LogP contribution in [0.25, 0.3) is 0 Å². The van der Waals surface area contributed by atoms with Crippen molar-refractivity contribution in [1.29, 1.82) is 0 Å². The number of carbonyl (C=O) groups excluding carboxylic acids is 3. The minimum atomic E-state index is -0.787. The molecule has 6 nitrogen and oxygen atoms in total. The van der Waals surface area contributed by atoms with E-state index in [2.05, 4.69) is 130 Å². The number of rotatable bonds is 52. The number of hydrogen-bond donors (Lipinski definition) is 0. The Morgan fingerprint density at radius 3 is 0.859 bits per heavy atom. The Labute approximate surface area is 438 Å². The van der Waals surface area contributed by atoms with Crippen LogP contribution in [0, 0.1) is 0 Å². The molecule has 0 radical (unpaired) electrons. The van der Waals surface area contributed by atoms with E-state index in [1.165, 1.54) is 89.9 Å². The molecule has 0 amide bonds. The van der Waals surface area contributed by atoms with Crippen molar-refractivity contribution in [3.8, 4) is 0 Å². The fourth-order valence-corrected chi connectivity index (χ4v) is 7.86. The second-order valence-electron chi connectivity index (χ2n) is 19.2. The lowest BCUT2D eigenvalue weighted by Crippen LogP contribution is -2.30. The molecule has 0 aliphatic rings. The number of esters is 3. The molecule has 0 aromatic heterocycles. The molecule has 0 rings (SSSR count). The van der Waals surface area contributed by atoms with E-state index in [1.54, 1.807) is 0 Å². The maximum Gasteiger partial charge on any atom is 0.306 e. The zero-order valence-electron chi connectivity index (χ0n) is 46.2. The molecule has 1 unspecified atom stereocenters. The first-order valence-corrected chi connectivity index (χ1v) is 29.4. The molecule has 0 aliphatic carbocycles. The van der Waals surface area contributed by atoms with Gasteiger partial charge in [0.05, 0.1) is 0 Å². The minimum Gasteiger partial charge on any atom is -0.462 e. The molecule has 0 aromatic carbocycles. The molecule has 0 saturated carbocycles. The normalized spacial score (nSPS) is 12.9. The van der Waals surface area contributed by atoms with Crippen molar-refractivity contribution < 1.29 is 28.6 Å². The van der Waals surface area contributed by atoms with Gasteiger partial charge in [-0.25, -0.2) is 0 Å². The van der Waals surface area contributed by atoms with Gasteiger partial charge in [0.25, 0.3) is 0 Å². The van der Waals surface area contributed by atoms with Crippen LogP contribution in [-0.4, -0.2) is 37.2 Å². The van der Waals surface area contributed by atoms with E-state index in [9.17, 15) is 14.4 Å². The van der Waals surface area contributed by atoms with Crippen molar-refractivity contribution in [3.63, 3.8) is 0 Å². The van der Waals surface area contributed by atoms with Crippen molar-refractivity contribution in [2.45, 2.75) is 271 Å². The molecule has 0 spiro atoms. The largest absolute Gasteiger partial charge is 0.462 e. The molecule has 0 bridgehead atoms. The van der Waals surface area contributed by atoms with E-state index in [1.807, 2.05) is 0 Å². The van der Waals surface area contributed by atoms with Gasteiger partial charge in [-0.2, -0.15) is 0 Å². The van der Waals surface area contributed by atoms with Crippen LogP contribution >= 0.6 is 0 Å². The minimum absolute atomic E-state index is 0.0877. The highest BCUT2D eigenvalue weighted by atomic mass is 16.6. The van der Waals surface area contributed by atoms with Gasteiger partial charge in [0.1, 0.15) is 13.2 Å². The number of ether oxygens (including phenoxy) is 3. The van der Waals surface area contributed by atoms with Gasteiger partial charge in [-0.3, -0.25) is 14.4 Å². The van der Waals surface area contributed by atoms with Crippen molar-refractivity contribution in [2.24, 2.45) is 0 Å². The SMILES string of the molecule is CC/C=C\C/C=C\C/C=C\C/C=C\C/C=C\C/C=C\CCCCCCCCCCC(=O)OCC(COC(=O)CCCCCCC)OC(=O)CCCCCCCC/C=C\C/C=C\C/C=C\CCCCCCC. The van der Waals surface area contributed by atoms with Crippen LogP contribution in [0.5, 0.6) is 0 Å². The van der Waals surface area contributed by atoms with Gasteiger partial charge < -0.3 is 14.2 Å². The molecule has 0 N–H and O–H groups in total. The number of carbonyl (C=O) groups is 3. The van der Waals surface area contributed by atoms with Crippen LogP contribution in [0.1, 0.15) is 265 Å². The monoisotopic (exact) mass is 985 g/mol. The first-order valence-electron chi connectivity index (χ1n) is 29.4. The third kappa shape index (κ3) is 56.9. The third-order valence-electron chi connectivity index (χ3n) is 12.3. The standard InChI is InChI=1S/C65H108O6/c1-4-7-10-13-15-17-19-21-23-25-27-29-30-31-32-33-34-36-37-39-41-43-45-47-49-52-55-58-64(67)70-61-62(60-69-63(66)57-54-51-12-9-6-3)71-65(68)59-56-53-50-48-46-44-42-40-38-35-28-26-24-22-20-18-16-14-11-8-5-2/h7,10,15,17,20-23,26-29,31-32,34,36,38,40,62H,4-6,8-9,11-14,16,18-19,24-25,30,33,35,37,39,41-61H2,1-3H3/b10-7-,17-15-,22-20-,23-21-,28-26-,29-27-,32-31-,36-34-,40-38-. The third-order valence-corrected chi connectivity index (χ3v) is 12.3. The van der Waals surface area contributed by atoms with E-state index in [0.29, 0.717) is 19.3 Å². The maximum absolute atomic E-state index is 12.8. The smallest absolute Gasteiger partial charge is 0.306 e. The summed E-state index contributed by atoms with van der Waals surface area (Å²) in [4.78, 5) is 37.8. The second kappa shape index (κ2) is 58.6. The van der Waals surface area contributed by atoms with Crippen LogP contribution in [0.3, 0.4) is 0 Å². The summed E-state index contributed by atoms with van der Waals surface area (Å²) < 4.78 is 16.7. The topological polar surface area (TPSA) is 78.9 Å². The van der Waals surface area contributed by atoms with Crippen molar-refractivity contribution in [3.05, 3.63) is 109 Å². The lowest BCUT2D eigenvalue weighted by Gasteiger charge is -2.18. The average molecular weight is 986 g/mol. The molecule has 0 fully saturated rings. The van der Waals surface area contributed by atoms with Gasteiger partial charge in [-0.15, -0.1) is 0 Å². The summed E-state index contributed by atoms with van der Waals surface area (Å²) in [6, 6.07) is 0.